The van der Waals surface area contributed by atoms with Crippen molar-refractivity contribution in [3.05, 3.63) is 68.5 Å². The number of aromatic amines is 1. The van der Waals surface area contributed by atoms with E-state index in [1.54, 1.807) is 19.1 Å². The van der Waals surface area contributed by atoms with Crippen LogP contribution in [0.5, 0.6) is 0 Å². The molecule has 154 valence electrons. The van der Waals surface area contributed by atoms with Gasteiger partial charge in [-0.15, -0.1) is 10.2 Å². The lowest BCUT2D eigenvalue weighted by Gasteiger charge is -2.25. The zero-order valence-corrected chi connectivity index (χ0v) is 18.7. The lowest BCUT2D eigenvalue weighted by Crippen LogP contribution is -2.33. The summed E-state index contributed by atoms with van der Waals surface area (Å²) in [6, 6.07) is 7.49. The first-order valence-corrected chi connectivity index (χ1v) is 11.1. The van der Waals surface area contributed by atoms with E-state index in [1.807, 2.05) is 26.8 Å². The minimum Gasteiger partial charge on any atom is -0.207 e. The number of hydrogen-bond donors (Lipinski definition) is 2. The van der Waals surface area contributed by atoms with E-state index in [-0.39, 0.29) is 16.6 Å². The van der Waals surface area contributed by atoms with E-state index >= 15 is 0 Å². The largest absolute Gasteiger partial charge is 0.241 e. The van der Waals surface area contributed by atoms with Gasteiger partial charge in [0.25, 0.3) is 0 Å². The second-order valence-electron chi connectivity index (χ2n) is 6.97. The number of aromatic nitrogens is 4. The summed E-state index contributed by atoms with van der Waals surface area (Å²) in [4.78, 5) is 0.104. The average molecular weight is 454 g/mol. The quantitative estimate of drug-likeness (QED) is 0.580. The molecule has 0 fully saturated rings. The van der Waals surface area contributed by atoms with Crippen LogP contribution in [0.4, 0.5) is 0 Å². The molecule has 1 heterocycles. The number of hydrogen-bond acceptors (Lipinski definition) is 5. The summed E-state index contributed by atoms with van der Waals surface area (Å²) in [5.41, 5.74) is 3.53. The molecule has 2 aromatic carbocycles. The maximum Gasteiger partial charge on any atom is 0.241 e. The molecule has 2 atom stereocenters. The van der Waals surface area contributed by atoms with Crippen molar-refractivity contribution in [1.82, 2.24) is 25.3 Å². The molecule has 1 aromatic heterocycles. The molecule has 0 bridgehead atoms. The normalized spacial score (nSPS) is 14.0. The number of benzene rings is 2. The van der Waals surface area contributed by atoms with Crippen molar-refractivity contribution in [2.24, 2.45) is 0 Å². The molecule has 0 aliphatic rings. The number of sulfonamides is 1. The molecule has 3 rings (SSSR count). The molecule has 0 radical (unpaired) electrons. The summed E-state index contributed by atoms with van der Waals surface area (Å²) >= 11 is 12.5. The predicted octanol–water partition coefficient (Wildman–Crippen LogP) is 4.26. The summed E-state index contributed by atoms with van der Waals surface area (Å²) in [6.07, 6.45) is 0. The molecule has 0 amide bonds. The highest BCUT2D eigenvalue weighted by Crippen LogP contribution is 2.37. The van der Waals surface area contributed by atoms with Crippen molar-refractivity contribution < 1.29 is 8.42 Å². The van der Waals surface area contributed by atoms with Crippen molar-refractivity contribution >= 4 is 33.2 Å². The Morgan fingerprint density at radius 1 is 1.03 bits per heavy atom. The number of aryl methyl sites for hydroxylation is 2. The number of halogens is 2. The predicted molar refractivity (Wildman–Crippen MR) is 113 cm³/mol. The SMILES string of the molecule is Cc1cc(S(=O)(=O)N[C@H](c2nn[nH]n2)[C@H](C)c2c(Cl)ccc(C)c2C)ccc1Cl. The van der Waals surface area contributed by atoms with Crippen LogP contribution in [-0.4, -0.2) is 29.0 Å². The first-order chi connectivity index (χ1) is 13.6. The van der Waals surface area contributed by atoms with Gasteiger partial charge in [-0.1, -0.05) is 41.4 Å². The molecule has 2 N–H and O–H groups in total. The van der Waals surface area contributed by atoms with Gasteiger partial charge in [-0.05, 0) is 67.3 Å². The lowest BCUT2D eigenvalue weighted by atomic mass is 9.88. The maximum atomic E-state index is 13.1. The van der Waals surface area contributed by atoms with Gasteiger partial charge in [-0.25, -0.2) is 8.42 Å². The molecule has 0 unspecified atom stereocenters. The van der Waals surface area contributed by atoms with E-state index in [9.17, 15) is 8.42 Å². The highest BCUT2D eigenvalue weighted by atomic mass is 35.5. The van der Waals surface area contributed by atoms with Crippen LogP contribution in [0.3, 0.4) is 0 Å². The molecule has 29 heavy (non-hydrogen) atoms. The maximum absolute atomic E-state index is 13.1. The first-order valence-electron chi connectivity index (χ1n) is 8.89. The molecule has 3 aromatic rings. The molecule has 7 nitrogen and oxygen atoms in total. The Bertz CT molecular complexity index is 1130. The topological polar surface area (TPSA) is 101 Å². The van der Waals surface area contributed by atoms with Gasteiger partial charge >= 0.3 is 0 Å². The van der Waals surface area contributed by atoms with Gasteiger partial charge in [0.15, 0.2) is 5.82 Å². The molecule has 0 saturated heterocycles. The number of nitrogens with zero attached hydrogens (tertiary/aromatic N) is 3. The number of rotatable bonds is 6. The highest BCUT2D eigenvalue weighted by molar-refractivity contribution is 7.89. The van der Waals surface area contributed by atoms with Crippen LogP contribution >= 0.6 is 23.2 Å². The van der Waals surface area contributed by atoms with Gasteiger partial charge in [0.1, 0.15) is 0 Å². The van der Waals surface area contributed by atoms with E-state index in [2.05, 4.69) is 25.3 Å². The minimum absolute atomic E-state index is 0.104. The minimum atomic E-state index is -3.89. The summed E-state index contributed by atoms with van der Waals surface area (Å²) < 4.78 is 28.9. The molecule has 0 aliphatic carbocycles. The van der Waals surface area contributed by atoms with Crippen LogP contribution in [0.1, 0.15) is 47.0 Å². The fourth-order valence-corrected chi connectivity index (χ4v) is 5.08. The van der Waals surface area contributed by atoms with E-state index in [0.717, 1.165) is 16.7 Å². The van der Waals surface area contributed by atoms with Crippen molar-refractivity contribution in [3.8, 4) is 0 Å². The standard InChI is InChI=1S/C19H21Cl2N5O2S/c1-10-5-7-16(21)17(12(10)3)13(4)18(19-22-25-26-23-19)24-29(27,28)14-6-8-15(20)11(2)9-14/h5-9,13,18,24H,1-4H3,(H,22,23,25,26)/t13-,18+/m1/s1. The number of nitrogens with one attached hydrogen (secondary N) is 2. The Kier molecular flexibility index (Phi) is 6.28. The van der Waals surface area contributed by atoms with Crippen molar-refractivity contribution in [2.45, 2.75) is 44.6 Å². The summed E-state index contributed by atoms with van der Waals surface area (Å²) in [7, 11) is -3.89. The third-order valence-corrected chi connectivity index (χ3v) is 7.24. The Balaban J connectivity index is 2.05. The van der Waals surface area contributed by atoms with Crippen LogP contribution in [-0.2, 0) is 10.0 Å². The Morgan fingerprint density at radius 2 is 1.72 bits per heavy atom. The van der Waals surface area contributed by atoms with Gasteiger partial charge in [0.05, 0.1) is 10.9 Å². The van der Waals surface area contributed by atoms with Gasteiger partial charge in [-0.3, -0.25) is 0 Å². The van der Waals surface area contributed by atoms with Gasteiger partial charge < -0.3 is 0 Å². The van der Waals surface area contributed by atoms with E-state index in [0.29, 0.717) is 15.6 Å². The number of tetrazole rings is 1. The lowest BCUT2D eigenvalue weighted by molar-refractivity contribution is 0.496. The van der Waals surface area contributed by atoms with Crippen molar-refractivity contribution in [1.29, 1.82) is 0 Å². The fraction of sp³-hybridized carbons (Fsp3) is 0.316. The van der Waals surface area contributed by atoms with Crippen LogP contribution in [0.15, 0.2) is 35.2 Å². The van der Waals surface area contributed by atoms with Crippen LogP contribution in [0, 0.1) is 20.8 Å². The average Bonchev–Trinajstić information content (AvgIpc) is 3.19. The van der Waals surface area contributed by atoms with Crippen LogP contribution in [0.2, 0.25) is 10.0 Å². The van der Waals surface area contributed by atoms with Crippen LogP contribution in [0.25, 0.3) is 0 Å². The summed E-state index contributed by atoms with van der Waals surface area (Å²) in [5.74, 6) is -0.132. The molecule has 0 saturated carbocycles. The van der Waals surface area contributed by atoms with Crippen molar-refractivity contribution in [3.63, 3.8) is 0 Å². The smallest absolute Gasteiger partial charge is 0.207 e. The first kappa shape index (κ1) is 21.7. The van der Waals surface area contributed by atoms with Crippen molar-refractivity contribution in [2.75, 3.05) is 0 Å². The highest BCUT2D eigenvalue weighted by Gasteiger charge is 2.32. The second-order valence-corrected chi connectivity index (χ2v) is 9.50. The van der Waals surface area contributed by atoms with E-state index in [4.69, 9.17) is 23.2 Å². The zero-order valence-electron chi connectivity index (χ0n) is 16.4. The number of H-pyrrole nitrogens is 1. The van der Waals surface area contributed by atoms with Gasteiger partial charge in [0, 0.05) is 16.0 Å². The Hall–Kier alpha value is -2.00. The van der Waals surface area contributed by atoms with E-state index in [1.165, 1.54) is 12.1 Å². The molecular formula is C19H21Cl2N5O2S. The molecule has 0 spiro atoms. The molecular weight excluding hydrogens is 433 g/mol. The monoisotopic (exact) mass is 453 g/mol. The van der Waals surface area contributed by atoms with Crippen LogP contribution < -0.4 is 4.72 Å². The van der Waals surface area contributed by atoms with E-state index < -0.39 is 16.1 Å². The summed E-state index contributed by atoms with van der Waals surface area (Å²) in [6.45, 7) is 7.56. The fourth-order valence-electron chi connectivity index (χ4n) is 3.23. The Morgan fingerprint density at radius 3 is 2.34 bits per heavy atom. The molecule has 10 heteroatoms. The third-order valence-electron chi connectivity index (χ3n) is 5.05. The van der Waals surface area contributed by atoms with Gasteiger partial charge in [0.2, 0.25) is 10.0 Å². The summed E-state index contributed by atoms with van der Waals surface area (Å²) in [5, 5.41) is 15.1. The van der Waals surface area contributed by atoms with Gasteiger partial charge in [-0.2, -0.15) is 9.94 Å². The zero-order chi connectivity index (χ0) is 21.3. The second kappa shape index (κ2) is 8.39. The molecule has 0 aliphatic heterocycles. The Labute approximate surface area is 179 Å². The third kappa shape index (κ3) is 4.45.